The number of halogens is 1. The van der Waals surface area contributed by atoms with Gasteiger partial charge in [0.15, 0.2) is 5.65 Å². The summed E-state index contributed by atoms with van der Waals surface area (Å²) in [5.41, 5.74) is 3.91. The lowest BCUT2D eigenvalue weighted by Gasteiger charge is -2.08. The van der Waals surface area contributed by atoms with E-state index in [2.05, 4.69) is 19.6 Å². The van der Waals surface area contributed by atoms with Crippen LogP contribution in [0.3, 0.4) is 0 Å². The zero-order valence-electron chi connectivity index (χ0n) is 11.5. The van der Waals surface area contributed by atoms with E-state index in [0.29, 0.717) is 12.4 Å². The van der Waals surface area contributed by atoms with Crippen LogP contribution in [0.4, 0.5) is 0 Å². The molecule has 20 heavy (non-hydrogen) atoms. The highest BCUT2D eigenvalue weighted by atomic mass is 35.5. The molecule has 0 bridgehead atoms. The highest BCUT2D eigenvalue weighted by Crippen LogP contribution is 2.20. The molecule has 3 heterocycles. The van der Waals surface area contributed by atoms with Crippen molar-refractivity contribution >= 4 is 22.8 Å². The van der Waals surface area contributed by atoms with Crippen molar-refractivity contribution in [3.05, 3.63) is 41.6 Å². The SMILES string of the molecule is Cc1nn(C)c2c1nc(CCCl)n2Cc1ccccn1. The van der Waals surface area contributed by atoms with Crippen molar-refractivity contribution in [2.24, 2.45) is 7.05 Å². The Kier molecular flexibility index (Phi) is 3.44. The van der Waals surface area contributed by atoms with Gasteiger partial charge in [0, 0.05) is 25.5 Å². The zero-order valence-corrected chi connectivity index (χ0v) is 12.3. The summed E-state index contributed by atoms with van der Waals surface area (Å²) >= 11 is 5.89. The maximum atomic E-state index is 5.89. The van der Waals surface area contributed by atoms with Gasteiger partial charge in [-0.2, -0.15) is 5.10 Å². The van der Waals surface area contributed by atoms with E-state index in [-0.39, 0.29) is 0 Å². The number of fused-ring (bicyclic) bond motifs is 1. The molecule has 0 fully saturated rings. The molecule has 0 aliphatic rings. The minimum absolute atomic E-state index is 0.554. The number of aryl methyl sites for hydroxylation is 3. The van der Waals surface area contributed by atoms with Crippen LogP contribution in [0.5, 0.6) is 0 Å². The van der Waals surface area contributed by atoms with E-state index in [0.717, 1.165) is 34.8 Å². The molecule has 5 nitrogen and oxygen atoms in total. The Morgan fingerprint density at radius 3 is 2.85 bits per heavy atom. The molecule has 0 saturated carbocycles. The van der Waals surface area contributed by atoms with Gasteiger partial charge in [0.1, 0.15) is 11.3 Å². The third-order valence-corrected chi connectivity index (χ3v) is 3.52. The lowest BCUT2D eigenvalue weighted by molar-refractivity contribution is 0.684. The smallest absolute Gasteiger partial charge is 0.159 e. The molecule has 3 rings (SSSR count). The fourth-order valence-corrected chi connectivity index (χ4v) is 2.64. The molecule has 0 saturated heterocycles. The van der Waals surface area contributed by atoms with Gasteiger partial charge in [-0.1, -0.05) is 6.07 Å². The first-order chi connectivity index (χ1) is 9.70. The summed E-state index contributed by atoms with van der Waals surface area (Å²) < 4.78 is 4.03. The normalized spacial score (nSPS) is 11.3. The molecule has 6 heteroatoms. The van der Waals surface area contributed by atoms with E-state index < -0.39 is 0 Å². The van der Waals surface area contributed by atoms with Crippen LogP contribution < -0.4 is 0 Å². The molecule has 0 spiro atoms. The quantitative estimate of drug-likeness (QED) is 0.693. The minimum Gasteiger partial charge on any atom is -0.307 e. The Balaban J connectivity index is 2.13. The number of hydrogen-bond donors (Lipinski definition) is 0. The van der Waals surface area contributed by atoms with Crippen LogP contribution in [0.1, 0.15) is 17.2 Å². The number of imidazole rings is 1. The van der Waals surface area contributed by atoms with Crippen LogP contribution in [-0.2, 0) is 20.0 Å². The Bertz CT molecular complexity index is 729. The van der Waals surface area contributed by atoms with Gasteiger partial charge < -0.3 is 4.57 Å². The maximum absolute atomic E-state index is 5.89. The zero-order chi connectivity index (χ0) is 14.1. The second-order valence-electron chi connectivity index (χ2n) is 4.76. The Morgan fingerprint density at radius 2 is 2.15 bits per heavy atom. The second-order valence-corrected chi connectivity index (χ2v) is 5.13. The Morgan fingerprint density at radius 1 is 1.30 bits per heavy atom. The van der Waals surface area contributed by atoms with Crippen LogP contribution in [0, 0.1) is 6.92 Å². The van der Waals surface area contributed by atoms with Crippen LogP contribution >= 0.6 is 11.6 Å². The van der Waals surface area contributed by atoms with E-state index in [1.807, 2.05) is 36.9 Å². The lowest BCUT2D eigenvalue weighted by Crippen LogP contribution is -2.10. The van der Waals surface area contributed by atoms with Crippen molar-refractivity contribution in [2.45, 2.75) is 19.9 Å². The van der Waals surface area contributed by atoms with E-state index in [1.54, 1.807) is 6.20 Å². The average Bonchev–Trinajstić information content (AvgIpc) is 2.92. The topological polar surface area (TPSA) is 48.5 Å². The number of alkyl halides is 1. The third kappa shape index (κ3) is 2.18. The van der Waals surface area contributed by atoms with Crippen LogP contribution in [0.2, 0.25) is 0 Å². The van der Waals surface area contributed by atoms with Gasteiger partial charge in [0.05, 0.1) is 17.9 Å². The van der Waals surface area contributed by atoms with E-state index in [4.69, 9.17) is 11.6 Å². The van der Waals surface area contributed by atoms with Crippen LogP contribution in [-0.4, -0.2) is 30.2 Å². The number of rotatable bonds is 4. The van der Waals surface area contributed by atoms with Crippen molar-refractivity contribution in [3.63, 3.8) is 0 Å². The number of nitrogens with zero attached hydrogens (tertiary/aromatic N) is 5. The lowest BCUT2D eigenvalue weighted by atomic mass is 10.3. The van der Waals surface area contributed by atoms with Crippen molar-refractivity contribution in [1.82, 2.24) is 24.3 Å². The first-order valence-electron chi connectivity index (χ1n) is 6.55. The minimum atomic E-state index is 0.554. The summed E-state index contributed by atoms with van der Waals surface area (Å²) in [7, 11) is 1.94. The van der Waals surface area contributed by atoms with Crippen LogP contribution in [0.25, 0.3) is 11.2 Å². The van der Waals surface area contributed by atoms with Gasteiger partial charge in [0.2, 0.25) is 0 Å². The molecule has 0 aliphatic heterocycles. The summed E-state index contributed by atoms with van der Waals surface area (Å²) in [6, 6.07) is 5.92. The number of hydrogen-bond acceptors (Lipinski definition) is 3. The van der Waals surface area contributed by atoms with Crippen LogP contribution in [0.15, 0.2) is 24.4 Å². The van der Waals surface area contributed by atoms with E-state index in [1.165, 1.54) is 0 Å². The molecule has 3 aromatic heterocycles. The molecule has 3 aromatic rings. The Hall–Kier alpha value is -1.88. The van der Waals surface area contributed by atoms with Crippen molar-refractivity contribution < 1.29 is 0 Å². The van der Waals surface area contributed by atoms with Crippen molar-refractivity contribution in [1.29, 1.82) is 0 Å². The third-order valence-electron chi connectivity index (χ3n) is 3.33. The summed E-state index contributed by atoms with van der Waals surface area (Å²) in [6.07, 6.45) is 2.54. The fourth-order valence-electron chi connectivity index (χ4n) is 2.48. The molecular weight excluding hydrogens is 274 g/mol. The largest absolute Gasteiger partial charge is 0.307 e. The van der Waals surface area contributed by atoms with E-state index in [9.17, 15) is 0 Å². The Labute approximate surface area is 122 Å². The van der Waals surface area contributed by atoms with Gasteiger partial charge >= 0.3 is 0 Å². The monoisotopic (exact) mass is 289 g/mol. The summed E-state index contributed by atoms with van der Waals surface area (Å²) in [6.45, 7) is 2.66. The van der Waals surface area contributed by atoms with Gasteiger partial charge in [-0.3, -0.25) is 9.67 Å². The van der Waals surface area contributed by atoms with Gasteiger partial charge in [-0.05, 0) is 19.1 Å². The first-order valence-corrected chi connectivity index (χ1v) is 7.08. The number of pyridine rings is 1. The summed E-state index contributed by atoms with van der Waals surface area (Å²) in [4.78, 5) is 9.07. The highest BCUT2D eigenvalue weighted by Gasteiger charge is 2.17. The molecular formula is C14H16ClN5. The van der Waals surface area contributed by atoms with Gasteiger partial charge in [0.25, 0.3) is 0 Å². The van der Waals surface area contributed by atoms with Crippen molar-refractivity contribution in [2.75, 3.05) is 5.88 Å². The predicted octanol–water partition coefficient (Wildman–Crippen LogP) is 2.30. The standard InChI is InChI=1S/C14H16ClN5/c1-10-13-14(19(2)18-10)20(12(17-13)6-7-15)9-11-5-3-4-8-16-11/h3-5,8H,6-7,9H2,1-2H3. The van der Waals surface area contributed by atoms with Gasteiger partial charge in [-0.15, -0.1) is 11.6 Å². The molecule has 0 N–H and O–H groups in total. The van der Waals surface area contributed by atoms with Gasteiger partial charge in [-0.25, -0.2) is 4.98 Å². The first kappa shape index (κ1) is 13.1. The molecule has 0 atom stereocenters. The maximum Gasteiger partial charge on any atom is 0.159 e. The molecule has 0 unspecified atom stereocenters. The second kappa shape index (κ2) is 5.25. The molecule has 0 aromatic carbocycles. The highest BCUT2D eigenvalue weighted by molar-refractivity contribution is 6.17. The predicted molar refractivity (Wildman–Crippen MR) is 79.0 cm³/mol. The average molecular weight is 290 g/mol. The molecule has 0 amide bonds. The summed E-state index contributed by atoms with van der Waals surface area (Å²) in [5, 5.41) is 4.43. The molecule has 0 aliphatic carbocycles. The molecule has 0 radical (unpaired) electrons. The number of aromatic nitrogens is 5. The summed E-state index contributed by atoms with van der Waals surface area (Å²) in [5.74, 6) is 1.54. The molecule has 104 valence electrons. The van der Waals surface area contributed by atoms with Crippen molar-refractivity contribution in [3.8, 4) is 0 Å². The van der Waals surface area contributed by atoms with E-state index >= 15 is 0 Å². The fraction of sp³-hybridized carbons (Fsp3) is 0.357.